The maximum absolute atomic E-state index is 6.50. The highest BCUT2D eigenvalue weighted by Crippen LogP contribution is 2.50. The molecule has 1 unspecified atom stereocenters. The van der Waals surface area contributed by atoms with Crippen LogP contribution in [0.3, 0.4) is 0 Å². The zero-order valence-corrected chi connectivity index (χ0v) is 22.9. The minimum Gasteiger partial charge on any atom is -0.497 e. The number of oxime groups is 1. The molecule has 0 N–H and O–H groups in total. The lowest BCUT2D eigenvalue weighted by molar-refractivity contribution is 0.125. The van der Waals surface area contributed by atoms with Crippen LogP contribution in [0.2, 0.25) is 0 Å². The third-order valence-electron chi connectivity index (χ3n) is 7.45. The zero-order valence-electron chi connectivity index (χ0n) is 22.9. The molecule has 41 heavy (non-hydrogen) atoms. The topological polar surface area (TPSA) is 83.1 Å². The summed E-state index contributed by atoms with van der Waals surface area (Å²) in [5.74, 6) is 2.42. The maximum atomic E-state index is 6.50. The van der Waals surface area contributed by atoms with Crippen molar-refractivity contribution in [1.82, 2.24) is 19.6 Å². The van der Waals surface area contributed by atoms with Crippen LogP contribution in [-0.4, -0.2) is 32.4 Å². The number of aromatic nitrogens is 4. The van der Waals surface area contributed by atoms with E-state index in [2.05, 4.69) is 70.7 Å². The average molecular weight is 542 g/mol. The molecule has 4 aromatic carbocycles. The number of aryl methyl sites for hydroxylation is 1. The molecule has 0 saturated carbocycles. The first-order valence-corrected chi connectivity index (χ1v) is 13.4. The Labute approximate surface area is 236 Å². The normalized spacial score (nSPS) is 14.4. The second-order valence-corrected chi connectivity index (χ2v) is 10.1. The summed E-state index contributed by atoms with van der Waals surface area (Å²) < 4.78 is 13.6. The van der Waals surface area contributed by atoms with E-state index in [1.165, 1.54) is 5.56 Å². The first-order valence-electron chi connectivity index (χ1n) is 13.4. The van der Waals surface area contributed by atoms with E-state index in [9.17, 15) is 0 Å². The minimum atomic E-state index is -0.180. The van der Waals surface area contributed by atoms with Crippen molar-refractivity contribution in [2.24, 2.45) is 5.16 Å². The van der Waals surface area contributed by atoms with Gasteiger partial charge in [-0.3, -0.25) is 0 Å². The van der Waals surface area contributed by atoms with Crippen molar-refractivity contribution in [2.75, 3.05) is 7.11 Å². The van der Waals surface area contributed by atoms with Gasteiger partial charge >= 0.3 is 0 Å². The number of fused-ring (bicyclic) bond motifs is 6. The van der Waals surface area contributed by atoms with Gasteiger partial charge in [-0.25, -0.2) is 14.5 Å². The number of ether oxygens (including phenoxy) is 2. The van der Waals surface area contributed by atoms with Crippen LogP contribution in [0.1, 0.15) is 46.5 Å². The lowest BCUT2D eigenvalue weighted by atomic mass is 9.83. The van der Waals surface area contributed by atoms with Crippen LogP contribution in [0.25, 0.3) is 16.4 Å². The van der Waals surface area contributed by atoms with E-state index < -0.39 is 0 Å². The van der Waals surface area contributed by atoms with E-state index in [-0.39, 0.29) is 12.5 Å². The number of benzene rings is 4. The van der Waals surface area contributed by atoms with Crippen molar-refractivity contribution in [3.8, 4) is 17.4 Å². The number of hydrogen-bond donors (Lipinski definition) is 0. The van der Waals surface area contributed by atoms with Gasteiger partial charge in [-0.15, -0.1) is 5.10 Å². The fourth-order valence-electron chi connectivity index (χ4n) is 5.33. The Morgan fingerprint density at radius 2 is 1.78 bits per heavy atom. The minimum absolute atomic E-state index is 0.120. The summed E-state index contributed by atoms with van der Waals surface area (Å²) in [7, 11) is 1.67. The van der Waals surface area contributed by atoms with Crippen LogP contribution < -0.4 is 9.47 Å². The number of nitrogens with zero attached hydrogens (tertiary/aromatic N) is 5. The lowest BCUT2D eigenvalue weighted by Crippen LogP contribution is -2.15. The first kappa shape index (κ1) is 24.8. The summed E-state index contributed by atoms with van der Waals surface area (Å²) in [5, 5.41) is 11.1. The monoisotopic (exact) mass is 541 g/mol. The largest absolute Gasteiger partial charge is 0.497 e. The van der Waals surface area contributed by atoms with Crippen molar-refractivity contribution in [3.63, 3.8) is 0 Å². The molecule has 1 aliphatic heterocycles. The van der Waals surface area contributed by atoms with E-state index in [1.807, 2.05) is 43.3 Å². The Bertz CT molecular complexity index is 1930. The van der Waals surface area contributed by atoms with Gasteiger partial charge in [0.15, 0.2) is 18.1 Å². The van der Waals surface area contributed by atoms with Gasteiger partial charge in [0.2, 0.25) is 5.88 Å². The van der Waals surface area contributed by atoms with Crippen molar-refractivity contribution >= 4 is 22.1 Å². The van der Waals surface area contributed by atoms with Gasteiger partial charge in [-0.05, 0) is 42.5 Å². The molecule has 8 heteroatoms. The average Bonchev–Trinajstić information content (AvgIpc) is 3.43. The molecular formula is C33H27N5O3. The Morgan fingerprint density at radius 1 is 0.976 bits per heavy atom. The number of hydrogen-bond acceptors (Lipinski definition) is 7. The zero-order chi connectivity index (χ0) is 27.9. The molecule has 0 fully saturated rings. The van der Waals surface area contributed by atoms with Gasteiger partial charge in [0.1, 0.15) is 17.8 Å². The van der Waals surface area contributed by atoms with E-state index in [0.717, 1.165) is 50.2 Å². The smallest absolute Gasteiger partial charge is 0.228 e. The van der Waals surface area contributed by atoms with E-state index >= 15 is 0 Å². The molecule has 0 aliphatic carbocycles. The third-order valence-corrected chi connectivity index (χ3v) is 7.45. The fourth-order valence-corrected chi connectivity index (χ4v) is 5.33. The van der Waals surface area contributed by atoms with Crippen molar-refractivity contribution in [1.29, 1.82) is 0 Å². The summed E-state index contributed by atoms with van der Waals surface area (Å²) in [4.78, 5) is 15.2. The summed E-state index contributed by atoms with van der Waals surface area (Å²) in [6, 6.07) is 28.7. The predicted octanol–water partition coefficient (Wildman–Crippen LogP) is 6.82. The molecule has 1 aliphatic rings. The summed E-state index contributed by atoms with van der Waals surface area (Å²) >= 11 is 0. The molecule has 0 amide bonds. The second kappa shape index (κ2) is 10.1. The quantitative estimate of drug-likeness (QED) is 0.170. The molecular weight excluding hydrogens is 514 g/mol. The van der Waals surface area contributed by atoms with Crippen LogP contribution in [0.5, 0.6) is 17.4 Å². The summed E-state index contributed by atoms with van der Waals surface area (Å²) in [5.41, 5.74) is 6.59. The molecule has 0 bridgehead atoms. The van der Waals surface area contributed by atoms with Gasteiger partial charge in [-0.2, -0.15) is 0 Å². The fraction of sp³-hybridized carbons (Fsp3) is 0.152. The molecule has 8 nitrogen and oxygen atoms in total. The second-order valence-electron chi connectivity index (χ2n) is 10.1. The van der Waals surface area contributed by atoms with Gasteiger partial charge in [0.05, 0.1) is 18.4 Å². The molecule has 202 valence electrons. The Kier molecular flexibility index (Phi) is 6.08. The molecule has 0 saturated heterocycles. The Balaban J connectivity index is 1.29. The van der Waals surface area contributed by atoms with Crippen LogP contribution >= 0.6 is 0 Å². The SMILES string of the molecule is COc1ccc(C2c3ccc4ccccc4c3Oc3ncn4nc(CON=C(C)c5ccc(C)cc5)nc4c32)cc1. The van der Waals surface area contributed by atoms with E-state index in [1.54, 1.807) is 18.0 Å². The predicted molar refractivity (Wildman–Crippen MR) is 157 cm³/mol. The van der Waals surface area contributed by atoms with Gasteiger partial charge in [-0.1, -0.05) is 83.5 Å². The Morgan fingerprint density at radius 3 is 2.59 bits per heavy atom. The Hall–Kier alpha value is -5.24. The van der Waals surface area contributed by atoms with Gasteiger partial charge < -0.3 is 14.3 Å². The molecule has 0 spiro atoms. The molecule has 2 aromatic heterocycles. The van der Waals surface area contributed by atoms with Crippen molar-refractivity contribution < 1.29 is 14.3 Å². The van der Waals surface area contributed by atoms with Crippen LogP contribution in [-0.2, 0) is 11.4 Å². The van der Waals surface area contributed by atoms with Gasteiger partial charge in [0, 0.05) is 16.9 Å². The molecule has 7 rings (SSSR count). The lowest BCUT2D eigenvalue weighted by Gasteiger charge is -2.28. The van der Waals surface area contributed by atoms with Crippen LogP contribution in [0, 0.1) is 6.92 Å². The van der Waals surface area contributed by atoms with Crippen molar-refractivity contribution in [3.05, 3.63) is 125 Å². The molecule has 1 atom stereocenters. The van der Waals surface area contributed by atoms with Crippen molar-refractivity contribution in [2.45, 2.75) is 26.4 Å². The molecule has 0 radical (unpaired) electrons. The van der Waals surface area contributed by atoms with E-state index in [4.69, 9.17) is 19.3 Å². The molecule has 6 aromatic rings. The van der Waals surface area contributed by atoms with E-state index in [0.29, 0.717) is 17.4 Å². The number of rotatable bonds is 6. The standard InChI is InChI=1S/C33H27N5O3/c1-20-8-10-22(11-9-20)21(2)37-40-18-28-35-32-30-29(24-12-15-25(39-3)16-13-24)27-17-14-23-6-4-5-7-26(23)31(27)41-33(30)34-19-38(32)36-28/h4-17,19,29H,18H2,1-3H3. The highest BCUT2D eigenvalue weighted by Gasteiger charge is 2.34. The molecule has 3 heterocycles. The van der Waals surface area contributed by atoms with Crippen LogP contribution in [0.15, 0.2) is 96.4 Å². The highest BCUT2D eigenvalue weighted by atomic mass is 16.6. The van der Waals surface area contributed by atoms with Gasteiger partial charge in [0.25, 0.3) is 0 Å². The summed E-state index contributed by atoms with van der Waals surface area (Å²) in [6.07, 6.45) is 1.63. The first-order chi connectivity index (χ1) is 20.1. The maximum Gasteiger partial charge on any atom is 0.228 e. The highest BCUT2D eigenvalue weighted by molar-refractivity contribution is 5.98. The number of methoxy groups -OCH3 is 1. The van der Waals surface area contributed by atoms with Crippen LogP contribution in [0.4, 0.5) is 0 Å². The third kappa shape index (κ3) is 4.43. The summed E-state index contributed by atoms with van der Waals surface area (Å²) in [6.45, 7) is 4.09.